The van der Waals surface area contributed by atoms with Crippen LogP contribution in [0.2, 0.25) is 0 Å². The summed E-state index contributed by atoms with van der Waals surface area (Å²) >= 11 is 0. The molecule has 2 aliphatic heterocycles. The van der Waals surface area contributed by atoms with Crippen LogP contribution in [-0.2, 0) is 9.84 Å². The van der Waals surface area contributed by atoms with E-state index in [0.717, 1.165) is 25.9 Å². The van der Waals surface area contributed by atoms with Gasteiger partial charge in [-0.25, -0.2) is 8.42 Å². The smallest absolute Gasteiger partial charge is 0.159 e. The van der Waals surface area contributed by atoms with Crippen LogP contribution in [0.5, 0.6) is 0 Å². The van der Waals surface area contributed by atoms with Crippen LogP contribution in [-0.4, -0.2) is 50.3 Å². The lowest BCUT2D eigenvalue weighted by Crippen LogP contribution is -3.18. The van der Waals surface area contributed by atoms with Gasteiger partial charge in [-0.1, -0.05) is 30.3 Å². The molecule has 0 bridgehead atoms. The SMILES string of the molecule is O=S1(=O)C[C@@H](O)[C@H]([NH+]2CCC(c3ccccc3)CC2)C1. The van der Waals surface area contributed by atoms with Crippen molar-refractivity contribution in [2.24, 2.45) is 0 Å². The zero-order valence-corrected chi connectivity index (χ0v) is 12.3. The average molecular weight is 296 g/mol. The topological polar surface area (TPSA) is 58.8 Å². The van der Waals surface area contributed by atoms with Crippen LogP contribution in [0.25, 0.3) is 0 Å². The second-order valence-electron chi connectivity index (χ2n) is 6.09. The Bertz CT molecular complexity index is 550. The summed E-state index contributed by atoms with van der Waals surface area (Å²) in [7, 11) is -3.03. The number of rotatable bonds is 2. The second kappa shape index (κ2) is 5.47. The van der Waals surface area contributed by atoms with Crippen molar-refractivity contribution in [3.05, 3.63) is 35.9 Å². The third-order valence-corrected chi connectivity index (χ3v) is 6.46. The Morgan fingerprint density at radius 1 is 1.05 bits per heavy atom. The van der Waals surface area contributed by atoms with Crippen LogP contribution in [0.1, 0.15) is 24.3 Å². The van der Waals surface area contributed by atoms with E-state index in [2.05, 4.69) is 24.3 Å². The van der Waals surface area contributed by atoms with E-state index in [1.54, 1.807) is 0 Å². The lowest BCUT2D eigenvalue weighted by atomic mass is 9.89. The summed E-state index contributed by atoms with van der Waals surface area (Å²) in [5.41, 5.74) is 1.38. The normalized spacial score (nSPS) is 36.9. The van der Waals surface area contributed by atoms with Gasteiger partial charge in [0.25, 0.3) is 0 Å². The van der Waals surface area contributed by atoms with Gasteiger partial charge < -0.3 is 10.0 Å². The molecule has 0 spiro atoms. The Labute approximate surface area is 120 Å². The highest BCUT2D eigenvalue weighted by Crippen LogP contribution is 2.24. The minimum atomic E-state index is -3.03. The summed E-state index contributed by atoms with van der Waals surface area (Å²) in [6, 6.07) is 10.4. The van der Waals surface area contributed by atoms with E-state index in [9.17, 15) is 13.5 Å². The van der Waals surface area contributed by atoms with Crippen molar-refractivity contribution in [3.8, 4) is 0 Å². The van der Waals surface area contributed by atoms with Gasteiger partial charge in [0.1, 0.15) is 17.9 Å². The summed E-state index contributed by atoms with van der Waals surface area (Å²) in [5, 5.41) is 9.96. The minimum Gasteiger partial charge on any atom is -0.386 e. The fourth-order valence-electron chi connectivity index (χ4n) is 3.64. The maximum atomic E-state index is 11.6. The van der Waals surface area contributed by atoms with Gasteiger partial charge >= 0.3 is 0 Å². The number of piperidine rings is 1. The Morgan fingerprint density at radius 2 is 1.70 bits per heavy atom. The predicted octanol–water partition coefficient (Wildman–Crippen LogP) is -0.393. The quantitative estimate of drug-likeness (QED) is 0.781. The van der Waals surface area contributed by atoms with Crippen molar-refractivity contribution in [2.45, 2.75) is 30.9 Å². The van der Waals surface area contributed by atoms with Gasteiger partial charge in [0.15, 0.2) is 9.84 Å². The number of sulfone groups is 1. The first-order chi connectivity index (χ1) is 9.55. The van der Waals surface area contributed by atoms with E-state index >= 15 is 0 Å². The van der Waals surface area contributed by atoms with Crippen molar-refractivity contribution in [2.75, 3.05) is 24.6 Å². The summed E-state index contributed by atoms with van der Waals surface area (Å²) in [4.78, 5) is 1.27. The zero-order chi connectivity index (χ0) is 14.2. The van der Waals surface area contributed by atoms with Gasteiger partial charge in [-0.15, -0.1) is 0 Å². The highest BCUT2D eigenvalue weighted by Gasteiger charge is 2.44. The molecule has 2 N–H and O–H groups in total. The van der Waals surface area contributed by atoms with Gasteiger partial charge in [0, 0.05) is 12.8 Å². The predicted molar refractivity (Wildman–Crippen MR) is 77.6 cm³/mol. The molecule has 2 atom stereocenters. The molecule has 1 aromatic rings. The number of aliphatic hydroxyl groups excluding tert-OH is 1. The minimum absolute atomic E-state index is 0.0523. The van der Waals surface area contributed by atoms with E-state index in [1.807, 2.05) is 6.07 Å². The van der Waals surface area contributed by atoms with E-state index in [1.165, 1.54) is 10.5 Å². The Kier molecular flexibility index (Phi) is 3.84. The van der Waals surface area contributed by atoms with E-state index in [-0.39, 0.29) is 17.5 Å². The fourth-order valence-corrected chi connectivity index (χ4v) is 5.53. The number of hydrogen-bond donors (Lipinski definition) is 2. The Hall–Kier alpha value is -0.910. The van der Waals surface area contributed by atoms with Crippen molar-refractivity contribution >= 4 is 9.84 Å². The maximum absolute atomic E-state index is 11.6. The molecule has 0 saturated carbocycles. The van der Waals surface area contributed by atoms with E-state index in [4.69, 9.17) is 0 Å². The first kappa shape index (κ1) is 14.0. The molecule has 1 aromatic carbocycles. The molecule has 0 aliphatic carbocycles. The van der Waals surface area contributed by atoms with Crippen LogP contribution >= 0.6 is 0 Å². The molecule has 0 amide bonds. The number of hydrogen-bond acceptors (Lipinski definition) is 3. The van der Waals surface area contributed by atoms with Gasteiger partial charge in [-0.3, -0.25) is 0 Å². The van der Waals surface area contributed by atoms with Crippen LogP contribution < -0.4 is 4.90 Å². The first-order valence-corrected chi connectivity index (χ1v) is 9.15. The molecule has 2 heterocycles. The third-order valence-electron chi connectivity index (χ3n) is 4.75. The molecule has 20 heavy (non-hydrogen) atoms. The highest BCUT2D eigenvalue weighted by atomic mass is 32.2. The van der Waals surface area contributed by atoms with Crippen molar-refractivity contribution in [3.63, 3.8) is 0 Å². The molecule has 0 radical (unpaired) electrons. The molecule has 2 saturated heterocycles. The maximum Gasteiger partial charge on any atom is 0.159 e. The third kappa shape index (κ3) is 2.90. The van der Waals surface area contributed by atoms with E-state index in [0.29, 0.717) is 5.92 Å². The van der Waals surface area contributed by atoms with Crippen molar-refractivity contribution in [1.29, 1.82) is 0 Å². The molecule has 4 nitrogen and oxygen atoms in total. The molecule has 2 fully saturated rings. The highest BCUT2D eigenvalue weighted by molar-refractivity contribution is 7.91. The van der Waals surface area contributed by atoms with Crippen LogP contribution in [0, 0.1) is 0 Å². The summed E-state index contributed by atoms with van der Waals surface area (Å²) < 4.78 is 23.2. The lowest BCUT2D eigenvalue weighted by Gasteiger charge is -2.34. The number of aliphatic hydroxyl groups is 1. The molecule has 5 heteroatoms. The summed E-state index contributed by atoms with van der Waals surface area (Å²) in [6.07, 6.45) is 1.47. The van der Waals surface area contributed by atoms with Crippen LogP contribution in [0.15, 0.2) is 30.3 Å². The number of likely N-dealkylation sites (tertiary alicyclic amines) is 1. The van der Waals surface area contributed by atoms with Gasteiger partial charge in [0.2, 0.25) is 0 Å². The van der Waals surface area contributed by atoms with Gasteiger partial charge in [0.05, 0.1) is 18.8 Å². The monoisotopic (exact) mass is 296 g/mol. The van der Waals surface area contributed by atoms with Gasteiger partial charge in [-0.2, -0.15) is 0 Å². The standard InChI is InChI=1S/C15H21NO3S/c17-15-11-20(18,19)10-14(15)16-8-6-13(7-9-16)12-4-2-1-3-5-12/h1-5,13-15,17H,6-11H2/p+1/t14-,15-/m1/s1. The zero-order valence-electron chi connectivity index (χ0n) is 11.5. The van der Waals surface area contributed by atoms with Crippen LogP contribution in [0.4, 0.5) is 0 Å². The van der Waals surface area contributed by atoms with Crippen LogP contribution in [0.3, 0.4) is 0 Å². The van der Waals surface area contributed by atoms with Crippen molar-refractivity contribution in [1.82, 2.24) is 0 Å². The summed E-state index contributed by atoms with van der Waals surface area (Å²) in [5.74, 6) is 0.679. The molecular weight excluding hydrogens is 274 g/mol. The largest absolute Gasteiger partial charge is 0.386 e. The number of quaternary nitrogens is 1. The lowest BCUT2D eigenvalue weighted by molar-refractivity contribution is -0.930. The first-order valence-electron chi connectivity index (χ1n) is 7.33. The van der Waals surface area contributed by atoms with Gasteiger partial charge in [-0.05, 0) is 11.5 Å². The number of benzene rings is 1. The Balaban J connectivity index is 1.62. The van der Waals surface area contributed by atoms with E-state index < -0.39 is 15.9 Å². The molecule has 2 aliphatic rings. The number of nitrogens with one attached hydrogen (secondary N) is 1. The molecule has 0 unspecified atom stereocenters. The second-order valence-corrected chi connectivity index (χ2v) is 8.25. The molecular formula is C15H22NO3S+. The Morgan fingerprint density at radius 3 is 2.25 bits per heavy atom. The fraction of sp³-hybridized carbons (Fsp3) is 0.600. The average Bonchev–Trinajstić information content (AvgIpc) is 2.73. The molecule has 0 aromatic heterocycles. The van der Waals surface area contributed by atoms with Crippen molar-refractivity contribution < 1.29 is 18.4 Å². The summed E-state index contributed by atoms with van der Waals surface area (Å²) in [6.45, 7) is 1.91. The molecule has 3 rings (SSSR count). The molecule has 110 valence electrons.